The van der Waals surface area contributed by atoms with Gasteiger partial charge in [0.1, 0.15) is 6.61 Å². The van der Waals surface area contributed by atoms with Gasteiger partial charge >= 0.3 is 5.97 Å². The second kappa shape index (κ2) is 3.68. The topological polar surface area (TPSA) is 69.4 Å². The van der Waals surface area contributed by atoms with E-state index in [0.29, 0.717) is 11.1 Å². The molecular weight excluding hydrogens is 198 g/mol. The zero-order valence-electron chi connectivity index (χ0n) is 7.88. The smallest absolute Gasteiger partial charge is 0.338 e. The van der Waals surface area contributed by atoms with Crippen molar-refractivity contribution in [3.8, 4) is 0 Å². The van der Waals surface area contributed by atoms with Crippen molar-refractivity contribution < 1.29 is 14.5 Å². The van der Waals surface area contributed by atoms with Crippen molar-refractivity contribution in [2.24, 2.45) is 0 Å². The number of hydrogen-bond acceptors (Lipinski definition) is 4. The fraction of sp³-hybridized carbons (Fsp3) is 0.300. The number of rotatable bonds is 2. The summed E-state index contributed by atoms with van der Waals surface area (Å²) >= 11 is 0. The molecule has 0 spiro atoms. The summed E-state index contributed by atoms with van der Waals surface area (Å²) in [6.45, 7) is -0.110. The van der Waals surface area contributed by atoms with Gasteiger partial charge in [-0.05, 0) is 11.6 Å². The maximum atomic E-state index is 11.3. The van der Waals surface area contributed by atoms with E-state index in [0.717, 1.165) is 0 Å². The molecule has 1 aromatic carbocycles. The van der Waals surface area contributed by atoms with E-state index in [9.17, 15) is 14.9 Å². The average molecular weight is 207 g/mol. The second-order valence-corrected chi connectivity index (χ2v) is 3.40. The number of ether oxygens (including phenoxy) is 1. The highest BCUT2D eigenvalue weighted by Crippen LogP contribution is 2.26. The quantitative estimate of drug-likeness (QED) is 0.415. The largest absolute Gasteiger partial charge is 0.461 e. The fourth-order valence-corrected chi connectivity index (χ4v) is 1.71. The Kier molecular flexibility index (Phi) is 2.37. The van der Waals surface area contributed by atoms with Crippen LogP contribution in [0.1, 0.15) is 21.8 Å². The van der Waals surface area contributed by atoms with Gasteiger partial charge in [0.2, 0.25) is 6.54 Å². The van der Waals surface area contributed by atoms with Crippen LogP contribution in [0.25, 0.3) is 0 Å². The second-order valence-electron chi connectivity index (χ2n) is 3.40. The lowest BCUT2D eigenvalue weighted by atomic mass is 9.93. The highest BCUT2D eigenvalue weighted by Gasteiger charge is 2.29. The number of nitro groups is 1. The maximum Gasteiger partial charge on any atom is 0.338 e. The van der Waals surface area contributed by atoms with Gasteiger partial charge in [-0.2, -0.15) is 0 Å². The summed E-state index contributed by atoms with van der Waals surface area (Å²) in [5.74, 6) is -0.723. The van der Waals surface area contributed by atoms with Crippen LogP contribution in [0.4, 0.5) is 0 Å². The molecule has 5 nitrogen and oxygen atoms in total. The Hall–Kier alpha value is -1.91. The standard InChI is InChI=1S/C10H9NO4/c12-10-9-4-2-1-3-8(9)7(6-15-10)5-11(13)14/h1-4,7H,5-6H2. The lowest BCUT2D eigenvalue weighted by Crippen LogP contribution is -2.27. The normalized spacial score (nSPS) is 19.2. The third-order valence-electron chi connectivity index (χ3n) is 2.41. The molecule has 15 heavy (non-hydrogen) atoms. The summed E-state index contributed by atoms with van der Waals surface area (Å²) in [5, 5.41) is 10.4. The molecule has 2 rings (SSSR count). The lowest BCUT2D eigenvalue weighted by Gasteiger charge is -2.21. The predicted molar refractivity (Wildman–Crippen MR) is 51.3 cm³/mol. The van der Waals surface area contributed by atoms with Crippen molar-refractivity contribution >= 4 is 5.97 Å². The number of benzene rings is 1. The van der Waals surface area contributed by atoms with Gasteiger partial charge in [0.05, 0.1) is 11.5 Å². The molecule has 0 radical (unpaired) electrons. The molecule has 1 aromatic rings. The lowest BCUT2D eigenvalue weighted by molar-refractivity contribution is -0.484. The molecule has 0 amide bonds. The predicted octanol–water partition coefficient (Wildman–Crippen LogP) is 1.22. The number of carbonyl (C=O) groups is 1. The Morgan fingerprint density at radius 3 is 2.93 bits per heavy atom. The van der Waals surface area contributed by atoms with Gasteiger partial charge in [0.15, 0.2) is 0 Å². The molecular formula is C10H9NO4. The Bertz CT molecular complexity index is 416. The number of carbonyl (C=O) groups excluding carboxylic acids is 1. The number of esters is 1. The molecule has 0 N–H and O–H groups in total. The highest BCUT2D eigenvalue weighted by molar-refractivity contribution is 5.92. The number of nitrogens with zero attached hydrogens (tertiary/aromatic N) is 1. The molecule has 0 aromatic heterocycles. The van der Waals surface area contributed by atoms with Gasteiger partial charge in [0, 0.05) is 4.92 Å². The average Bonchev–Trinajstić information content (AvgIpc) is 2.22. The van der Waals surface area contributed by atoms with Crippen LogP contribution in [-0.4, -0.2) is 24.0 Å². The number of hydrogen-bond donors (Lipinski definition) is 0. The van der Waals surface area contributed by atoms with Gasteiger partial charge in [-0.15, -0.1) is 0 Å². The minimum atomic E-state index is -0.398. The molecule has 1 aliphatic rings. The van der Waals surface area contributed by atoms with Crippen LogP contribution in [-0.2, 0) is 4.74 Å². The fourth-order valence-electron chi connectivity index (χ4n) is 1.71. The van der Waals surface area contributed by atoms with Gasteiger partial charge in [0.25, 0.3) is 0 Å². The van der Waals surface area contributed by atoms with E-state index in [-0.39, 0.29) is 24.0 Å². The summed E-state index contributed by atoms with van der Waals surface area (Å²) in [6, 6.07) is 6.85. The first-order valence-electron chi connectivity index (χ1n) is 4.56. The maximum absolute atomic E-state index is 11.3. The number of fused-ring (bicyclic) bond motifs is 1. The molecule has 1 unspecified atom stereocenters. The SMILES string of the molecule is O=C1OCC(C[N+](=O)[O-])c2ccccc21. The highest BCUT2D eigenvalue weighted by atomic mass is 16.6. The minimum absolute atomic E-state index is 0.0941. The molecule has 5 heteroatoms. The summed E-state index contributed by atoms with van der Waals surface area (Å²) in [4.78, 5) is 21.4. The Morgan fingerprint density at radius 2 is 2.20 bits per heavy atom. The van der Waals surface area contributed by atoms with Crippen LogP contribution in [0, 0.1) is 10.1 Å². The van der Waals surface area contributed by atoms with Crippen LogP contribution in [0.3, 0.4) is 0 Å². The molecule has 0 bridgehead atoms. The first kappa shape index (κ1) is 9.64. The van der Waals surface area contributed by atoms with E-state index in [2.05, 4.69) is 0 Å². The van der Waals surface area contributed by atoms with E-state index in [1.165, 1.54) is 0 Å². The van der Waals surface area contributed by atoms with Gasteiger partial charge in [-0.25, -0.2) is 4.79 Å². The van der Waals surface area contributed by atoms with Crippen molar-refractivity contribution in [1.82, 2.24) is 0 Å². The molecule has 1 aliphatic heterocycles. The zero-order chi connectivity index (χ0) is 10.8. The Labute approximate surface area is 85.8 Å². The third kappa shape index (κ3) is 1.81. The molecule has 0 fully saturated rings. The van der Waals surface area contributed by atoms with Gasteiger partial charge < -0.3 is 4.74 Å². The molecule has 78 valence electrons. The van der Waals surface area contributed by atoms with Crippen LogP contribution >= 0.6 is 0 Å². The van der Waals surface area contributed by atoms with E-state index in [4.69, 9.17) is 4.74 Å². The zero-order valence-corrected chi connectivity index (χ0v) is 7.88. The van der Waals surface area contributed by atoms with Crippen molar-refractivity contribution in [1.29, 1.82) is 0 Å². The van der Waals surface area contributed by atoms with Crippen LogP contribution in [0.15, 0.2) is 24.3 Å². The summed E-state index contributed by atoms with van der Waals surface area (Å²) in [7, 11) is 0. The minimum Gasteiger partial charge on any atom is -0.461 e. The molecule has 0 saturated heterocycles. The van der Waals surface area contributed by atoms with Gasteiger partial charge in [-0.3, -0.25) is 10.1 Å². The van der Waals surface area contributed by atoms with E-state index in [1.54, 1.807) is 24.3 Å². The first-order chi connectivity index (χ1) is 7.18. The van der Waals surface area contributed by atoms with Crippen LogP contribution < -0.4 is 0 Å². The third-order valence-corrected chi connectivity index (χ3v) is 2.41. The molecule has 1 atom stereocenters. The first-order valence-corrected chi connectivity index (χ1v) is 4.56. The number of cyclic esters (lactones) is 1. The van der Waals surface area contributed by atoms with Crippen LogP contribution in [0.2, 0.25) is 0 Å². The Balaban J connectivity index is 2.36. The Morgan fingerprint density at radius 1 is 1.47 bits per heavy atom. The molecule has 0 saturated carbocycles. The van der Waals surface area contributed by atoms with E-state index >= 15 is 0 Å². The molecule has 1 heterocycles. The van der Waals surface area contributed by atoms with Crippen molar-refractivity contribution in [3.63, 3.8) is 0 Å². The van der Waals surface area contributed by atoms with Crippen LogP contribution in [0.5, 0.6) is 0 Å². The van der Waals surface area contributed by atoms with Crippen molar-refractivity contribution in [3.05, 3.63) is 45.5 Å². The summed E-state index contributed by atoms with van der Waals surface area (Å²) in [5.41, 5.74) is 1.15. The summed E-state index contributed by atoms with van der Waals surface area (Å²) < 4.78 is 4.87. The monoisotopic (exact) mass is 207 g/mol. The van der Waals surface area contributed by atoms with Crippen molar-refractivity contribution in [2.45, 2.75) is 5.92 Å². The van der Waals surface area contributed by atoms with E-state index in [1.807, 2.05) is 0 Å². The van der Waals surface area contributed by atoms with E-state index < -0.39 is 5.97 Å². The van der Waals surface area contributed by atoms with Gasteiger partial charge in [-0.1, -0.05) is 18.2 Å². The van der Waals surface area contributed by atoms with Crippen molar-refractivity contribution in [2.75, 3.05) is 13.2 Å². The molecule has 0 aliphatic carbocycles. The summed E-state index contributed by atoms with van der Waals surface area (Å²) in [6.07, 6.45) is 0.